The van der Waals surface area contributed by atoms with Gasteiger partial charge in [0.15, 0.2) is 23.2 Å². The average molecular weight is 634 g/mol. The number of nitrogens with one attached hydrogen (secondary N) is 1. The number of carbonyl (C=O) groups excluding carboxylic acids is 3. The maximum Gasteiger partial charge on any atom is 0.433 e. The Balaban J connectivity index is 1.58. The van der Waals surface area contributed by atoms with Crippen molar-refractivity contribution in [3.05, 3.63) is 46.8 Å². The zero-order valence-electron chi connectivity index (χ0n) is 24.0. The van der Waals surface area contributed by atoms with Gasteiger partial charge in [0.25, 0.3) is 5.92 Å². The minimum absolute atomic E-state index is 0.172. The molecule has 9 nitrogen and oxygen atoms in total. The molecule has 2 aliphatic rings. The van der Waals surface area contributed by atoms with Gasteiger partial charge in [0.05, 0.1) is 24.8 Å². The number of nitrogens with zero attached hydrogens (tertiary/aromatic N) is 4. The van der Waals surface area contributed by atoms with E-state index >= 15 is 0 Å². The van der Waals surface area contributed by atoms with Gasteiger partial charge in [-0.2, -0.15) is 13.2 Å². The predicted molar refractivity (Wildman–Crippen MR) is 140 cm³/mol. The summed E-state index contributed by atoms with van der Waals surface area (Å²) in [6.07, 6.45) is -7.74. The number of amides is 3. The molecule has 1 N–H and O–H groups in total. The quantitative estimate of drug-likeness (QED) is 0.456. The number of alkyl halides is 5. The van der Waals surface area contributed by atoms with Crippen LogP contribution in [0.25, 0.3) is 11.4 Å². The fourth-order valence-corrected chi connectivity index (χ4v) is 4.94. The number of halogens is 7. The van der Waals surface area contributed by atoms with Crippen LogP contribution in [0, 0.1) is 11.6 Å². The summed E-state index contributed by atoms with van der Waals surface area (Å²) in [7, 11) is 0. The monoisotopic (exact) mass is 633 g/mol. The summed E-state index contributed by atoms with van der Waals surface area (Å²) in [5.41, 5.74) is -2.87. The second kappa shape index (κ2) is 12.2. The molecule has 1 fully saturated rings. The summed E-state index contributed by atoms with van der Waals surface area (Å²) >= 11 is 0. The Hall–Kier alpha value is -3.98. The maximum absolute atomic E-state index is 14.1. The van der Waals surface area contributed by atoms with Crippen LogP contribution in [-0.4, -0.2) is 74.9 Å². The number of ether oxygens (including phenoxy) is 1. The third-order valence-corrected chi connectivity index (χ3v) is 6.93. The molecule has 2 aliphatic heterocycles. The van der Waals surface area contributed by atoms with Crippen LogP contribution in [0.15, 0.2) is 18.2 Å². The maximum atomic E-state index is 14.1. The zero-order chi connectivity index (χ0) is 32.6. The Labute approximate surface area is 247 Å². The number of hydrogen-bond acceptors (Lipinski definition) is 6. The van der Waals surface area contributed by atoms with Gasteiger partial charge in [-0.15, -0.1) is 0 Å². The number of rotatable bonds is 6. The van der Waals surface area contributed by atoms with E-state index in [2.05, 4.69) is 15.3 Å². The fraction of sp³-hybridized carbons (Fsp3) is 0.536. The first-order valence-corrected chi connectivity index (χ1v) is 13.7. The first-order valence-electron chi connectivity index (χ1n) is 13.7. The lowest BCUT2D eigenvalue weighted by Crippen LogP contribution is -2.53. The number of benzene rings is 1. The van der Waals surface area contributed by atoms with Crippen molar-refractivity contribution in [1.82, 2.24) is 25.1 Å². The van der Waals surface area contributed by atoms with Crippen molar-refractivity contribution in [3.8, 4) is 11.4 Å². The van der Waals surface area contributed by atoms with Gasteiger partial charge < -0.3 is 19.9 Å². The van der Waals surface area contributed by atoms with Gasteiger partial charge in [0.1, 0.15) is 5.60 Å². The van der Waals surface area contributed by atoms with Gasteiger partial charge in [0, 0.05) is 43.5 Å². The number of carbonyl (C=O) groups is 3. The van der Waals surface area contributed by atoms with E-state index in [1.165, 1.54) is 4.90 Å². The second-order valence-electron chi connectivity index (χ2n) is 11.7. The SMILES string of the molecule is CC(C)(C)OC(=O)N[C@@H](CC(=O)N1CCc2c(nc(-c3ccc(F)c(F)c3)nc2C(F)(F)F)C1)CN1CC(F)(F)CCC1=O. The Kier molecular flexibility index (Phi) is 9.12. The van der Waals surface area contributed by atoms with Crippen LogP contribution in [0.2, 0.25) is 0 Å². The molecule has 240 valence electrons. The van der Waals surface area contributed by atoms with Crippen LogP contribution in [0.4, 0.5) is 35.5 Å². The average Bonchev–Trinajstić information content (AvgIpc) is 2.89. The normalized spacial score (nSPS) is 17.6. The Morgan fingerprint density at radius 3 is 2.43 bits per heavy atom. The summed E-state index contributed by atoms with van der Waals surface area (Å²) in [6.45, 7) is 2.78. The van der Waals surface area contributed by atoms with Gasteiger partial charge in [-0.25, -0.2) is 32.3 Å². The molecule has 2 aromatic rings. The van der Waals surface area contributed by atoms with E-state index in [-0.39, 0.29) is 29.8 Å². The third-order valence-electron chi connectivity index (χ3n) is 6.93. The molecular weight excluding hydrogens is 603 g/mol. The summed E-state index contributed by atoms with van der Waals surface area (Å²) < 4.78 is 102. The van der Waals surface area contributed by atoms with Crippen molar-refractivity contribution in [3.63, 3.8) is 0 Å². The predicted octanol–water partition coefficient (Wildman–Crippen LogP) is 4.87. The van der Waals surface area contributed by atoms with Gasteiger partial charge in [-0.3, -0.25) is 9.59 Å². The highest BCUT2D eigenvalue weighted by atomic mass is 19.4. The standard InChI is InChI=1S/C28H30F7N5O4/c1-26(2,3)44-25(43)36-16(12-40-14-27(31,32)8-6-21(40)41)11-22(42)39-9-7-17-20(13-39)37-24(38-23(17)28(33,34)35)15-4-5-18(29)19(30)10-15/h4-5,10,16H,6-9,11-14H2,1-3H3,(H,36,43)/t16-/m0/s1. The summed E-state index contributed by atoms with van der Waals surface area (Å²) in [6, 6.07) is 1.22. The summed E-state index contributed by atoms with van der Waals surface area (Å²) in [5.74, 6) is -7.49. The van der Waals surface area contributed by atoms with E-state index in [1.807, 2.05) is 0 Å². The van der Waals surface area contributed by atoms with E-state index < -0.39 is 104 Å². The van der Waals surface area contributed by atoms with E-state index in [9.17, 15) is 45.1 Å². The molecule has 0 aliphatic carbocycles. The van der Waals surface area contributed by atoms with Crippen LogP contribution < -0.4 is 5.32 Å². The molecule has 0 unspecified atom stereocenters. The molecule has 0 radical (unpaired) electrons. The number of hydrogen-bond donors (Lipinski definition) is 1. The minimum atomic E-state index is -4.92. The molecule has 0 spiro atoms. The van der Waals surface area contributed by atoms with Gasteiger partial charge in [-0.05, 0) is 45.4 Å². The van der Waals surface area contributed by atoms with Crippen molar-refractivity contribution in [2.45, 2.75) is 76.7 Å². The molecule has 4 rings (SSSR count). The summed E-state index contributed by atoms with van der Waals surface area (Å²) in [4.78, 5) is 48.0. The van der Waals surface area contributed by atoms with Crippen LogP contribution in [-0.2, 0) is 33.5 Å². The lowest BCUT2D eigenvalue weighted by molar-refractivity contribution is -0.148. The van der Waals surface area contributed by atoms with E-state index in [4.69, 9.17) is 4.74 Å². The van der Waals surface area contributed by atoms with Gasteiger partial charge >= 0.3 is 12.3 Å². The molecule has 3 heterocycles. The lowest BCUT2D eigenvalue weighted by Gasteiger charge is -2.36. The summed E-state index contributed by atoms with van der Waals surface area (Å²) in [5, 5.41) is 2.44. The van der Waals surface area contributed by atoms with Crippen LogP contribution in [0.5, 0.6) is 0 Å². The molecule has 1 aromatic heterocycles. The topological polar surface area (TPSA) is 105 Å². The van der Waals surface area contributed by atoms with Crippen LogP contribution >= 0.6 is 0 Å². The zero-order valence-corrected chi connectivity index (χ0v) is 24.0. The van der Waals surface area contributed by atoms with Gasteiger partial charge in [0.2, 0.25) is 11.8 Å². The molecule has 1 aromatic carbocycles. The first kappa shape index (κ1) is 32.9. The Bertz CT molecular complexity index is 1440. The van der Waals surface area contributed by atoms with Crippen molar-refractivity contribution in [1.29, 1.82) is 0 Å². The van der Waals surface area contributed by atoms with Crippen molar-refractivity contribution < 1.29 is 49.9 Å². The minimum Gasteiger partial charge on any atom is -0.444 e. The number of aromatic nitrogens is 2. The smallest absolute Gasteiger partial charge is 0.433 e. The number of piperidine rings is 1. The molecular formula is C28H30F7N5O4. The molecule has 16 heteroatoms. The largest absolute Gasteiger partial charge is 0.444 e. The molecule has 3 amide bonds. The van der Waals surface area contributed by atoms with E-state index in [1.54, 1.807) is 20.8 Å². The molecule has 0 saturated carbocycles. The van der Waals surface area contributed by atoms with Crippen molar-refractivity contribution in [2.75, 3.05) is 19.6 Å². The van der Waals surface area contributed by atoms with Crippen molar-refractivity contribution >= 4 is 17.9 Å². The first-order chi connectivity index (χ1) is 20.3. The highest BCUT2D eigenvalue weighted by Crippen LogP contribution is 2.36. The van der Waals surface area contributed by atoms with Crippen LogP contribution in [0.3, 0.4) is 0 Å². The van der Waals surface area contributed by atoms with Crippen LogP contribution in [0.1, 0.15) is 57.0 Å². The fourth-order valence-electron chi connectivity index (χ4n) is 4.94. The van der Waals surface area contributed by atoms with E-state index in [0.717, 1.165) is 17.0 Å². The lowest BCUT2D eigenvalue weighted by atomic mass is 10.0. The number of alkyl carbamates (subject to hydrolysis) is 1. The van der Waals surface area contributed by atoms with Gasteiger partial charge in [-0.1, -0.05) is 0 Å². The Morgan fingerprint density at radius 2 is 1.80 bits per heavy atom. The van der Waals surface area contributed by atoms with Crippen molar-refractivity contribution in [2.24, 2.45) is 0 Å². The highest BCUT2D eigenvalue weighted by molar-refractivity contribution is 5.80. The third kappa shape index (κ3) is 8.14. The molecule has 1 atom stereocenters. The number of likely N-dealkylation sites (tertiary alicyclic amines) is 1. The Morgan fingerprint density at radius 1 is 1.09 bits per heavy atom. The molecule has 0 bridgehead atoms. The second-order valence-corrected chi connectivity index (χ2v) is 11.7. The molecule has 44 heavy (non-hydrogen) atoms. The number of fused-ring (bicyclic) bond motifs is 1. The van der Waals surface area contributed by atoms with E-state index in [0.29, 0.717) is 6.07 Å². The highest BCUT2D eigenvalue weighted by Gasteiger charge is 2.41. The molecule has 1 saturated heterocycles.